The molecule has 0 aliphatic carbocycles. The van der Waals surface area contributed by atoms with E-state index < -0.39 is 0 Å². The van der Waals surface area contributed by atoms with Crippen LogP contribution in [-0.2, 0) is 6.54 Å². The van der Waals surface area contributed by atoms with Gasteiger partial charge in [-0.1, -0.05) is 0 Å². The summed E-state index contributed by atoms with van der Waals surface area (Å²) in [5.74, 6) is 0.0688. The average Bonchev–Trinajstić information content (AvgIpc) is 2.33. The van der Waals surface area contributed by atoms with Crippen molar-refractivity contribution in [3.63, 3.8) is 0 Å². The van der Waals surface area contributed by atoms with Crippen LogP contribution in [0.2, 0.25) is 0 Å². The van der Waals surface area contributed by atoms with Gasteiger partial charge in [-0.2, -0.15) is 5.10 Å². The predicted molar refractivity (Wildman–Crippen MR) is 37.9 cm³/mol. The number of ketones is 1. The SMILES string of the molecule is CCn1nccc1C(C)=O. The highest BCUT2D eigenvalue weighted by Crippen LogP contribution is 1.98. The quantitative estimate of drug-likeness (QED) is 0.574. The smallest absolute Gasteiger partial charge is 0.177 e. The fraction of sp³-hybridized carbons (Fsp3) is 0.429. The van der Waals surface area contributed by atoms with Crippen LogP contribution in [0, 0.1) is 0 Å². The number of aromatic nitrogens is 2. The molecule has 1 aromatic rings. The summed E-state index contributed by atoms with van der Waals surface area (Å²) < 4.78 is 1.68. The Kier molecular flexibility index (Phi) is 1.85. The first kappa shape index (κ1) is 6.99. The van der Waals surface area contributed by atoms with E-state index in [4.69, 9.17) is 0 Å². The highest BCUT2D eigenvalue weighted by atomic mass is 16.1. The highest BCUT2D eigenvalue weighted by molar-refractivity contribution is 5.92. The molecule has 54 valence electrons. The lowest BCUT2D eigenvalue weighted by atomic mass is 10.3. The molecule has 1 rings (SSSR count). The van der Waals surface area contributed by atoms with Gasteiger partial charge in [0.15, 0.2) is 5.78 Å². The monoisotopic (exact) mass is 138 g/mol. The topological polar surface area (TPSA) is 34.9 Å². The van der Waals surface area contributed by atoms with E-state index in [-0.39, 0.29) is 5.78 Å². The number of nitrogens with zero attached hydrogens (tertiary/aromatic N) is 2. The van der Waals surface area contributed by atoms with Crippen LogP contribution in [0.1, 0.15) is 24.3 Å². The lowest BCUT2D eigenvalue weighted by molar-refractivity contribution is 0.100. The van der Waals surface area contributed by atoms with Gasteiger partial charge in [0.25, 0.3) is 0 Å². The maximum Gasteiger partial charge on any atom is 0.177 e. The molecule has 0 saturated carbocycles. The molecule has 0 radical (unpaired) electrons. The van der Waals surface area contributed by atoms with Crippen LogP contribution in [0.3, 0.4) is 0 Å². The molecule has 0 aromatic carbocycles. The normalized spacial score (nSPS) is 9.80. The fourth-order valence-corrected chi connectivity index (χ4v) is 0.884. The van der Waals surface area contributed by atoms with Gasteiger partial charge in [-0.25, -0.2) is 0 Å². The van der Waals surface area contributed by atoms with Crippen molar-refractivity contribution in [1.82, 2.24) is 9.78 Å². The first-order valence-corrected chi connectivity index (χ1v) is 3.28. The molecular weight excluding hydrogens is 128 g/mol. The lowest BCUT2D eigenvalue weighted by Crippen LogP contribution is -2.05. The Bertz CT molecular complexity index is 240. The molecule has 0 aliphatic rings. The first-order chi connectivity index (χ1) is 4.75. The number of Topliss-reactive ketones (excluding diaryl/α,β-unsaturated/α-hetero) is 1. The zero-order valence-electron chi connectivity index (χ0n) is 6.16. The van der Waals surface area contributed by atoms with E-state index in [2.05, 4.69) is 5.10 Å². The summed E-state index contributed by atoms with van der Waals surface area (Å²) >= 11 is 0. The summed E-state index contributed by atoms with van der Waals surface area (Å²) in [7, 11) is 0. The van der Waals surface area contributed by atoms with Gasteiger partial charge in [0, 0.05) is 19.7 Å². The van der Waals surface area contributed by atoms with Gasteiger partial charge < -0.3 is 0 Å². The molecule has 0 unspecified atom stereocenters. The van der Waals surface area contributed by atoms with E-state index >= 15 is 0 Å². The number of hydrogen-bond donors (Lipinski definition) is 0. The maximum absolute atomic E-state index is 10.8. The fourth-order valence-electron chi connectivity index (χ4n) is 0.884. The minimum absolute atomic E-state index is 0.0688. The van der Waals surface area contributed by atoms with Crippen LogP contribution < -0.4 is 0 Å². The van der Waals surface area contributed by atoms with Gasteiger partial charge in [-0.15, -0.1) is 0 Å². The summed E-state index contributed by atoms with van der Waals surface area (Å²) in [6.07, 6.45) is 1.64. The van der Waals surface area contributed by atoms with Crippen molar-refractivity contribution in [3.8, 4) is 0 Å². The molecule has 0 amide bonds. The second kappa shape index (κ2) is 2.64. The molecule has 0 saturated heterocycles. The number of carbonyl (C=O) groups excluding carboxylic acids is 1. The summed E-state index contributed by atoms with van der Waals surface area (Å²) in [4.78, 5) is 10.8. The van der Waals surface area contributed by atoms with Crippen LogP contribution >= 0.6 is 0 Å². The number of aryl methyl sites for hydroxylation is 1. The molecule has 3 nitrogen and oxygen atoms in total. The zero-order chi connectivity index (χ0) is 7.56. The minimum atomic E-state index is 0.0688. The van der Waals surface area contributed by atoms with Gasteiger partial charge in [0.2, 0.25) is 0 Å². The Hall–Kier alpha value is -1.12. The van der Waals surface area contributed by atoms with Crippen molar-refractivity contribution in [2.24, 2.45) is 0 Å². The van der Waals surface area contributed by atoms with Crippen molar-refractivity contribution in [3.05, 3.63) is 18.0 Å². The molecule has 0 aliphatic heterocycles. The average molecular weight is 138 g/mol. The van der Waals surface area contributed by atoms with E-state index in [1.807, 2.05) is 6.92 Å². The Morgan fingerprint density at radius 1 is 1.80 bits per heavy atom. The van der Waals surface area contributed by atoms with Crippen LogP contribution in [0.15, 0.2) is 12.3 Å². The molecule has 1 heterocycles. The molecule has 0 N–H and O–H groups in total. The standard InChI is InChI=1S/C7H10N2O/c1-3-9-7(6(2)10)4-5-8-9/h4-5H,3H2,1-2H3. The summed E-state index contributed by atoms with van der Waals surface area (Å²) in [6.45, 7) is 4.25. The van der Waals surface area contributed by atoms with E-state index in [1.54, 1.807) is 23.9 Å². The maximum atomic E-state index is 10.8. The van der Waals surface area contributed by atoms with E-state index in [0.717, 1.165) is 6.54 Å². The molecule has 0 spiro atoms. The van der Waals surface area contributed by atoms with Gasteiger partial charge in [-0.3, -0.25) is 9.48 Å². The third kappa shape index (κ3) is 1.07. The van der Waals surface area contributed by atoms with E-state index in [1.165, 1.54) is 0 Å². The van der Waals surface area contributed by atoms with Crippen LogP contribution in [0.4, 0.5) is 0 Å². The van der Waals surface area contributed by atoms with Gasteiger partial charge in [0.1, 0.15) is 5.69 Å². The summed E-state index contributed by atoms with van der Waals surface area (Å²) in [6, 6.07) is 1.73. The molecular formula is C7H10N2O. The Morgan fingerprint density at radius 3 is 2.90 bits per heavy atom. The minimum Gasteiger partial charge on any atom is -0.293 e. The van der Waals surface area contributed by atoms with Crippen molar-refractivity contribution < 1.29 is 4.79 Å². The van der Waals surface area contributed by atoms with Crippen molar-refractivity contribution in [2.75, 3.05) is 0 Å². The summed E-state index contributed by atoms with van der Waals surface area (Å²) in [5.41, 5.74) is 0.683. The van der Waals surface area contributed by atoms with Gasteiger partial charge in [-0.05, 0) is 13.0 Å². The van der Waals surface area contributed by atoms with Crippen LogP contribution in [-0.4, -0.2) is 15.6 Å². The summed E-state index contributed by atoms with van der Waals surface area (Å²) in [5, 5.41) is 3.95. The molecule has 3 heteroatoms. The Labute approximate surface area is 59.7 Å². The second-order valence-electron chi connectivity index (χ2n) is 2.09. The third-order valence-corrected chi connectivity index (χ3v) is 1.38. The lowest BCUT2D eigenvalue weighted by Gasteiger charge is -1.97. The molecule has 10 heavy (non-hydrogen) atoms. The zero-order valence-corrected chi connectivity index (χ0v) is 6.16. The van der Waals surface area contributed by atoms with E-state index in [0.29, 0.717) is 5.69 Å². The van der Waals surface area contributed by atoms with E-state index in [9.17, 15) is 4.79 Å². The first-order valence-electron chi connectivity index (χ1n) is 3.28. The molecule has 0 bridgehead atoms. The van der Waals surface area contributed by atoms with Crippen LogP contribution in [0.5, 0.6) is 0 Å². The number of hydrogen-bond acceptors (Lipinski definition) is 2. The third-order valence-electron chi connectivity index (χ3n) is 1.38. The van der Waals surface area contributed by atoms with Crippen molar-refractivity contribution in [2.45, 2.75) is 20.4 Å². The van der Waals surface area contributed by atoms with Crippen molar-refractivity contribution in [1.29, 1.82) is 0 Å². The predicted octanol–water partition coefficient (Wildman–Crippen LogP) is 1.11. The van der Waals surface area contributed by atoms with Gasteiger partial charge in [0.05, 0.1) is 0 Å². The molecule has 1 aromatic heterocycles. The Balaban J connectivity index is 3.01. The molecule has 0 atom stereocenters. The second-order valence-corrected chi connectivity index (χ2v) is 2.09. The number of rotatable bonds is 2. The largest absolute Gasteiger partial charge is 0.293 e. The Morgan fingerprint density at radius 2 is 2.50 bits per heavy atom. The molecule has 0 fully saturated rings. The van der Waals surface area contributed by atoms with Crippen molar-refractivity contribution >= 4 is 5.78 Å². The van der Waals surface area contributed by atoms with Gasteiger partial charge >= 0.3 is 0 Å². The highest BCUT2D eigenvalue weighted by Gasteiger charge is 2.03. The number of carbonyl (C=O) groups is 1. The van der Waals surface area contributed by atoms with Crippen LogP contribution in [0.25, 0.3) is 0 Å².